The van der Waals surface area contributed by atoms with Crippen molar-refractivity contribution in [2.24, 2.45) is 0 Å². The van der Waals surface area contributed by atoms with Crippen molar-refractivity contribution in [1.82, 2.24) is 4.98 Å². The predicted molar refractivity (Wildman–Crippen MR) is 134 cm³/mol. The maximum atomic E-state index is 12.5. The molecule has 4 rings (SSSR count). The molecule has 0 aliphatic rings. The highest BCUT2D eigenvalue weighted by molar-refractivity contribution is 6.42. The summed E-state index contributed by atoms with van der Waals surface area (Å²) >= 11 is 18.9. The number of halogens is 3. The van der Waals surface area contributed by atoms with Crippen molar-refractivity contribution in [1.29, 1.82) is 0 Å². The summed E-state index contributed by atoms with van der Waals surface area (Å²) in [7, 11) is 0. The Morgan fingerprint density at radius 2 is 1.70 bits per heavy atom. The molecule has 1 aromatic heterocycles. The summed E-state index contributed by atoms with van der Waals surface area (Å²) in [5.74, 6) is 0.351. The molecule has 8 heteroatoms. The number of nitrogens with zero attached hydrogens (tertiary/aromatic N) is 1. The lowest BCUT2D eigenvalue weighted by atomic mass is 10.1. The van der Waals surface area contributed by atoms with E-state index in [1.165, 1.54) is 0 Å². The lowest BCUT2D eigenvalue weighted by Gasteiger charge is -2.15. The van der Waals surface area contributed by atoms with Crippen LogP contribution in [0.1, 0.15) is 22.3 Å². The Kier molecular flexibility index (Phi) is 6.57. The van der Waals surface area contributed by atoms with Crippen LogP contribution in [-0.2, 0) is 4.79 Å². The van der Waals surface area contributed by atoms with Gasteiger partial charge in [0.2, 0.25) is 5.89 Å². The summed E-state index contributed by atoms with van der Waals surface area (Å²) in [5.41, 5.74) is 6.31. The molecule has 0 saturated carbocycles. The topological polar surface area (TPSA) is 64.4 Å². The number of hydrogen-bond acceptors (Lipinski definition) is 4. The van der Waals surface area contributed by atoms with Gasteiger partial charge in [-0.25, -0.2) is 4.98 Å². The normalized spacial score (nSPS) is 11.1. The van der Waals surface area contributed by atoms with E-state index in [0.29, 0.717) is 27.7 Å². The summed E-state index contributed by atoms with van der Waals surface area (Å²) in [5, 5.41) is 3.85. The van der Waals surface area contributed by atoms with Gasteiger partial charge in [0.25, 0.3) is 5.91 Å². The molecule has 1 N–H and O–H groups in total. The molecule has 3 aromatic carbocycles. The van der Waals surface area contributed by atoms with E-state index in [0.717, 1.165) is 27.8 Å². The second-order valence-electron chi connectivity index (χ2n) is 7.89. The van der Waals surface area contributed by atoms with Gasteiger partial charge in [0.1, 0.15) is 5.52 Å². The minimum atomic E-state index is -0.367. The average Bonchev–Trinajstić information content (AvgIpc) is 3.21. The van der Waals surface area contributed by atoms with Crippen molar-refractivity contribution in [3.63, 3.8) is 0 Å². The molecule has 1 amide bonds. The van der Waals surface area contributed by atoms with Crippen molar-refractivity contribution in [2.75, 3.05) is 11.9 Å². The molecule has 0 radical (unpaired) electrons. The van der Waals surface area contributed by atoms with E-state index < -0.39 is 0 Å². The molecule has 0 bridgehead atoms. The third-order valence-corrected chi connectivity index (χ3v) is 6.75. The van der Waals surface area contributed by atoms with E-state index in [2.05, 4.69) is 16.4 Å². The van der Waals surface area contributed by atoms with Crippen LogP contribution in [0.25, 0.3) is 22.6 Å². The first-order chi connectivity index (χ1) is 15.7. The SMILES string of the molecule is Cc1cc(C)c2oc(-c3cccc(NC(=O)COc4c(Cl)c(C)c(Cl)c(C)c4Cl)c3)nc2c1. The van der Waals surface area contributed by atoms with Crippen LogP contribution in [0.5, 0.6) is 5.75 Å². The molecule has 0 saturated heterocycles. The molecule has 5 nitrogen and oxygen atoms in total. The molecule has 170 valence electrons. The fourth-order valence-electron chi connectivity index (χ4n) is 3.60. The molecule has 0 spiro atoms. The van der Waals surface area contributed by atoms with Crippen LogP contribution in [-0.4, -0.2) is 17.5 Å². The molecule has 0 aliphatic carbocycles. The molecule has 0 aliphatic heterocycles. The number of ether oxygens (including phenoxy) is 1. The maximum absolute atomic E-state index is 12.5. The van der Waals surface area contributed by atoms with Gasteiger partial charge in [-0.2, -0.15) is 0 Å². The van der Waals surface area contributed by atoms with E-state index in [9.17, 15) is 4.79 Å². The Labute approximate surface area is 206 Å². The highest BCUT2D eigenvalue weighted by Crippen LogP contribution is 2.42. The zero-order chi connectivity index (χ0) is 23.9. The summed E-state index contributed by atoms with van der Waals surface area (Å²) in [4.78, 5) is 17.1. The molecule has 0 atom stereocenters. The van der Waals surface area contributed by atoms with Crippen LogP contribution in [0.2, 0.25) is 15.1 Å². The first-order valence-electron chi connectivity index (χ1n) is 10.2. The number of carbonyl (C=O) groups excluding carboxylic acids is 1. The van der Waals surface area contributed by atoms with Crippen LogP contribution < -0.4 is 10.1 Å². The van der Waals surface area contributed by atoms with Crippen molar-refractivity contribution >= 4 is 57.5 Å². The highest BCUT2D eigenvalue weighted by Gasteiger charge is 2.19. The van der Waals surface area contributed by atoms with Gasteiger partial charge < -0.3 is 14.5 Å². The number of rotatable bonds is 5. The molecule has 4 aromatic rings. The number of nitrogens with one attached hydrogen (secondary N) is 1. The van der Waals surface area contributed by atoms with Gasteiger partial charge in [0.15, 0.2) is 17.9 Å². The van der Waals surface area contributed by atoms with Crippen molar-refractivity contribution in [3.05, 3.63) is 73.7 Å². The Morgan fingerprint density at radius 1 is 1.00 bits per heavy atom. The van der Waals surface area contributed by atoms with E-state index >= 15 is 0 Å². The standard InChI is InChI=1S/C25H21Cl3N2O3/c1-12-8-13(2)23-18(9-12)30-25(33-23)16-6-5-7-17(10-16)29-19(31)11-32-24-21(27)14(3)20(26)15(4)22(24)28/h5-10H,11H2,1-4H3,(H,29,31). The summed E-state index contributed by atoms with van der Waals surface area (Å²) in [6, 6.07) is 11.3. The van der Waals surface area contributed by atoms with Gasteiger partial charge in [-0.1, -0.05) is 46.9 Å². The largest absolute Gasteiger partial charge is 0.481 e. The third-order valence-electron chi connectivity index (χ3n) is 5.28. The molecular formula is C25H21Cl3N2O3. The van der Waals surface area contributed by atoms with Crippen LogP contribution >= 0.6 is 34.8 Å². The zero-order valence-corrected chi connectivity index (χ0v) is 20.7. The van der Waals surface area contributed by atoms with E-state index in [4.69, 9.17) is 44.0 Å². The van der Waals surface area contributed by atoms with E-state index in [1.54, 1.807) is 26.0 Å². The summed E-state index contributed by atoms with van der Waals surface area (Å²) in [6.45, 7) is 7.27. The van der Waals surface area contributed by atoms with Crippen molar-refractivity contribution < 1.29 is 13.9 Å². The monoisotopic (exact) mass is 502 g/mol. The van der Waals surface area contributed by atoms with Gasteiger partial charge >= 0.3 is 0 Å². The van der Waals surface area contributed by atoms with Crippen LogP contribution in [0.3, 0.4) is 0 Å². The number of aromatic nitrogens is 1. The maximum Gasteiger partial charge on any atom is 0.262 e. The Bertz CT molecular complexity index is 1370. The first-order valence-corrected chi connectivity index (χ1v) is 11.3. The minimum absolute atomic E-state index is 0.235. The van der Waals surface area contributed by atoms with E-state index in [-0.39, 0.29) is 28.3 Å². The number of oxazole rings is 1. The number of amides is 1. The predicted octanol–water partition coefficient (Wildman–Crippen LogP) is 7.71. The van der Waals surface area contributed by atoms with Gasteiger partial charge in [-0.05, 0) is 74.2 Å². The molecule has 0 fully saturated rings. The van der Waals surface area contributed by atoms with Gasteiger partial charge in [0.05, 0.1) is 10.0 Å². The van der Waals surface area contributed by atoms with Gasteiger partial charge in [-0.3, -0.25) is 4.79 Å². The number of aryl methyl sites for hydroxylation is 2. The number of anilines is 1. The fraction of sp³-hybridized carbons (Fsp3) is 0.200. The number of hydrogen-bond donors (Lipinski definition) is 1. The van der Waals surface area contributed by atoms with Crippen molar-refractivity contribution in [3.8, 4) is 17.2 Å². The summed E-state index contributed by atoms with van der Waals surface area (Å²) < 4.78 is 11.6. The Balaban J connectivity index is 1.51. The van der Waals surface area contributed by atoms with Crippen LogP contribution in [0.4, 0.5) is 5.69 Å². The lowest BCUT2D eigenvalue weighted by Crippen LogP contribution is -2.20. The van der Waals surface area contributed by atoms with Crippen LogP contribution in [0.15, 0.2) is 40.8 Å². The Morgan fingerprint density at radius 3 is 2.39 bits per heavy atom. The second-order valence-corrected chi connectivity index (χ2v) is 9.02. The van der Waals surface area contributed by atoms with E-state index in [1.807, 2.05) is 32.0 Å². The molecule has 33 heavy (non-hydrogen) atoms. The fourth-order valence-corrected chi connectivity index (χ4v) is 4.42. The minimum Gasteiger partial charge on any atom is -0.481 e. The van der Waals surface area contributed by atoms with Crippen LogP contribution in [0, 0.1) is 27.7 Å². The highest BCUT2D eigenvalue weighted by atomic mass is 35.5. The second kappa shape index (κ2) is 9.26. The van der Waals surface area contributed by atoms with Gasteiger partial charge in [0, 0.05) is 16.3 Å². The lowest BCUT2D eigenvalue weighted by molar-refractivity contribution is -0.118. The number of benzene rings is 3. The first kappa shape index (κ1) is 23.4. The number of fused-ring (bicyclic) bond motifs is 1. The molecule has 1 heterocycles. The smallest absolute Gasteiger partial charge is 0.262 e. The summed E-state index contributed by atoms with van der Waals surface area (Å²) in [6.07, 6.45) is 0. The Hall–Kier alpha value is -2.73. The van der Waals surface area contributed by atoms with Crippen molar-refractivity contribution in [2.45, 2.75) is 27.7 Å². The molecular weight excluding hydrogens is 483 g/mol. The third kappa shape index (κ3) is 4.67. The average molecular weight is 504 g/mol. The quantitative estimate of drug-likeness (QED) is 0.303. The zero-order valence-electron chi connectivity index (χ0n) is 18.5. The molecule has 0 unspecified atom stereocenters. The van der Waals surface area contributed by atoms with Gasteiger partial charge in [-0.15, -0.1) is 0 Å². The number of carbonyl (C=O) groups is 1.